The molecule has 0 saturated carbocycles. The van der Waals surface area contributed by atoms with E-state index in [0.717, 1.165) is 0 Å². The Hall–Kier alpha value is -0.530. The number of halogens is 1. The molecule has 0 spiro atoms. The molecule has 1 N–H and O–H groups in total. The van der Waals surface area contributed by atoms with E-state index in [1.54, 1.807) is 0 Å². The summed E-state index contributed by atoms with van der Waals surface area (Å²) in [5.74, 6) is -0.656. The number of carbonyl (C=O) groups excluding carboxylic acids is 1. The van der Waals surface area contributed by atoms with Crippen molar-refractivity contribution < 1.29 is 22.5 Å². The molecule has 0 aromatic rings. The molecular weight excluding hydrogens is 234 g/mol. The molecule has 1 aliphatic rings. The first-order valence-electron chi connectivity index (χ1n) is 3.78. The van der Waals surface area contributed by atoms with Crippen molar-refractivity contribution >= 4 is 28.0 Å². The molecule has 82 valence electrons. The molecule has 6 nitrogen and oxygen atoms in total. The molecule has 0 bridgehead atoms. The summed E-state index contributed by atoms with van der Waals surface area (Å²) in [6.45, 7) is 2.93. The highest BCUT2D eigenvalue weighted by Crippen LogP contribution is 2.33. The molecule has 2 atom stereocenters. The maximum absolute atomic E-state index is 11.0. The fourth-order valence-electron chi connectivity index (χ4n) is 1.24. The van der Waals surface area contributed by atoms with E-state index in [9.17, 15) is 13.2 Å². The van der Waals surface area contributed by atoms with Crippen LogP contribution in [0.15, 0.2) is 0 Å². The van der Waals surface area contributed by atoms with E-state index in [1.807, 2.05) is 0 Å². The molecule has 1 saturated heterocycles. The fourth-order valence-corrected chi connectivity index (χ4v) is 2.65. The zero-order valence-electron chi connectivity index (χ0n) is 7.60. The van der Waals surface area contributed by atoms with Crippen LogP contribution in [-0.2, 0) is 14.9 Å². The third kappa shape index (κ3) is 1.94. The molecule has 1 rings (SSSR count). The van der Waals surface area contributed by atoms with Crippen LogP contribution in [0.4, 0.5) is 4.79 Å². The summed E-state index contributed by atoms with van der Waals surface area (Å²) in [4.78, 5) is 11.0. The second kappa shape index (κ2) is 3.25. The maximum atomic E-state index is 11.0. The van der Waals surface area contributed by atoms with Gasteiger partial charge in [-0.15, -0.1) is 0 Å². The molecular formula is C6H10ClNO5S. The Morgan fingerprint density at radius 3 is 2.50 bits per heavy atom. The highest BCUT2D eigenvalue weighted by Gasteiger charge is 2.51. The Bertz CT molecular complexity index is 355. The number of carbonyl (C=O) groups is 1. The average molecular weight is 244 g/mol. The van der Waals surface area contributed by atoms with E-state index < -0.39 is 33.6 Å². The van der Waals surface area contributed by atoms with Gasteiger partial charge in [0.2, 0.25) is 0 Å². The zero-order chi connectivity index (χ0) is 11.1. The second-order valence-corrected chi connectivity index (χ2v) is 5.18. The molecule has 0 unspecified atom stereocenters. The van der Waals surface area contributed by atoms with E-state index in [0.29, 0.717) is 4.42 Å². The minimum Gasteiger partial charge on any atom is -0.443 e. The van der Waals surface area contributed by atoms with Gasteiger partial charge in [-0.05, 0) is 13.8 Å². The van der Waals surface area contributed by atoms with Crippen LogP contribution in [0, 0.1) is 0 Å². The van der Waals surface area contributed by atoms with Crippen LogP contribution in [-0.4, -0.2) is 40.9 Å². The number of ether oxygens (including phenoxy) is 1. The van der Waals surface area contributed by atoms with Crippen molar-refractivity contribution in [1.29, 1.82) is 0 Å². The first-order valence-corrected chi connectivity index (χ1v) is 5.73. The quantitative estimate of drug-likeness (QED) is 0.568. The van der Waals surface area contributed by atoms with Gasteiger partial charge < -0.3 is 4.74 Å². The summed E-state index contributed by atoms with van der Waals surface area (Å²) in [7, 11) is -4.21. The van der Waals surface area contributed by atoms with Crippen LogP contribution in [0.25, 0.3) is 0 Å². The van der Waals surface area contributed by atoms with Crippen molar-refractivity contribution in [3.63, 3.8) is 0 Å². The molecule has 0 aromatic carbocycles. The third-order valence-corrected chi connectivity index (χ3v) is 3.71. The summed E-state index contributed by atoms with van der Waals surface area (Å²) in [6, 6.07) is 0. The molecule has 0 radical (unpaired) electrons. The van der Waals surface area contributed by atoms with Gasteiger partial charge in [-0.3, -0.25) is 4.55 Å². The normalized spacial score (nSPS) is 33.3. The SMILES string of the molecule is C[C@H]1OC(=O)N(Cl)[C@]1(C)CS(=O)(=O)O. The molecule has 8 heteroatoms. The lowest BCUT2D eigenvalue weighted by Crippen LogP contribution is -2.48. The van der Waals surface area contributed by atoms with E-state index in [1.165, 1.54) is 13.8 Å². The van der Waals surface area contributed by atoms with Crippen molar-refractivity contribution in [3.8, 4) is 0 Å². The van der Waals surface area contributed by atoms with Gasteiger partial charge in [0.25, 0.3) is 10.1 Å². The largest absolute Gasteiger partial charge is 0.443 e. The van der Waals surface area contributed by atoms with Crippen molar-refractivity contribution in [1.82, 2.24) is 4.42 Å². The molecule has 0 aromatic heterocycles. The van der Waals surface area contributed by atoms with Crippen molar-refractivity contribution in [3.05, 3.63) is 0 Å². The van der Waals surface area contributed by atoms with Crippen LogP contribution < -0.4 is 0 Å². The van der Waals surface area contributed by atoms with Gasteiger partial charge in [-0.1, -0.05) is 0 Å². The Morgan fingerprint density at radius 1 is 1.71 bits per heavy atom. The highest BCUT2D eigenvalue weighted by molar-refractivity contribution is 7.85. The van der Waals surface area contributed by atoms with Gasteiger partial charge in [-0.2, -0.15) is 8.42 Å². The molecule has 1 aliphatic heterocycles. The average Bonchev–Trinajstić information content (AvgIpc) is 2.13. The Kier molecular flexibility index (Phi) is 2.68. The van der Waals surface area contributed by atoms with E-state index in [2.05, 4.69) is 0 Å². The predicted molar refractivity (Wildman–Crippen MR) is 48.5 cm³/mol. The maximum Gasteiger partial charge on any atom is 0.425 e. The van der Waals surface area contributed by atoms with Gasteiger partial charge >= 0.3 is 6.09 Å². The summed E-state index contributed by atoms with van der Waals surface area (Å²) in [6.07, 6.45) is -1.51. The Balaban J connectivity index is 2.99. The van der Waals surface area contributed by atoms with Crippen LogP contribution in [0.1, 0.15) is 13.8 Å². The van der Waals surface area contributed by atoms with Crippen molar-refractivity contribution in [2.24, 2.45) is 0 Å². The number of hydrogen-bond acceptors (Lipinski definition) is 4. The third-order valence-electron chi connectivity index (χ3n) is 2.24. The summed E-state index contributed by atoms with van der Waals surface area (Å²) in [5, 5.41) is 0. The minimum absolute atomic E-state index is 0.656. The van der Waals surface area contributed by atoms with Gasteiger partial charge in [-0.25, -0.2) is 9.21 Å². The van der Waals surface area contributed by atoms with Crippen molar-refractivity contribution in [2.75, 3.05) is 5.75 Å². The second-order valence-electron chi connectivity index (χ2n) is 3.39. The Morgan fingerprint density at radius 2 is 2.21 bits per heavy atom. The van der Waals surface area contributed by atoms with E-state index >= 15 is 0 Å². The Labute approximate surface area is 86.6 Å². The van der Waals surface area contributed by atoms with Gasteiger partial charge in [0.05, 0.1) is 0 Å². The van der Waals surface area contributed by atoms with Crippen LogP contribution >= 0.6 is 11.8 Å². The molecule has 14 heavy (non-hydrogen) atoms. The smallest absolute Gasteiger partial charge is 0.425 e. The van der Waals surface area contributed by atoms with Gasteiger partial charge in [0, 0.05) is 11.8 Å². The van der Waals surface area contributed by atoms with E-state index in [4.69, 9.17) is 21.1 Å². The molecule has 0 aliphatic carbocycles. The lowest BCUT2D eigenvalue weighted by Gasteiger charge is -2.27. The lowest BCUT2D eigenvalue weighted by atomic mass is 10.0. The van der Waals surface area contributed by atoms with Crippen molar-refractivity contribution in [2.45, 2.75) is 25.5 Å². The standard InChI is InChI=1S/C6H10ClNO5S/c1-4-6(2,3-14(10,11)12)8(7)5(9)13-4/h4H,3H2,1-2H3,(H,10,11,12)/t4-,6-/m1/s1. The predicted octanol–water partition coefficient (Wildman–Crippen LogP) is 0.627. The van der Waals surface area contributed by atoms with Gasteiger partial charge in [0.1, 0.15) is 17.4 Å². The summed E-state index contributed by atoms with van der Waals surface area (Å²) < 4.78 is 35.4. The minimum atomic E-state index is -4.21. The van der Waals surface area contributed by atoms with Crippen LogP contribution in [0.3, 0.4) is 0 Å². The summed E-state index contributed by atoms with van der Waals surface area (Å²) >= 11 is 5.55. The molecule has 1 amide bonds. The number of amides is 1. The fraction of sp³-hybridized carbons (Fsp3) is 0.833. The number of cyclic esters (lactones) is 1. The summed E-state index contributed by atoms with van der Waals surface area (Å²) in [5.41, 5.74) is -1.24. The lowest BCUT2D eigenvalue weighted by molar-refractivity contribution is 0.129. The van der Waals surface area contributed by atoms with E-state index in [-0.39, 0.29) is 0 Å². The topological polar surface area (TPSA) is 83.9 Å². The number of hydrogen-bond donors (Lipinski definition) is 1. The number of nitrogens with zero attached hydrogens (tertiary/aromatic N) is 1. The monoisotopic (exact) mass is 243 g/mol. The first kappa shape index (κ1) is 11.5. The molecule has 1 heterocycles. The van der Waals surface area contributed by atoms with Crippen LogP contribution in [0.5, 0.6) is 0 Å². The van der Waals surface area contributed by atoms with Gasteiger partial charge in [0.15, 0.2) is 0 Å². The first-order chi connectivity index (χ1) is 6.17. The molecule has 1 fully saturated rings. The zero-order valence-corrected chi connectivity index (χ0v) is 9.17. The highest BCUT2D eigenvalue weighted by atomic mass is 35.5. The van der Waals surface area contributed by atoms with Crippen LogP contribution in [0.2, 0.25) is 0 Å². The number of rotatable bonds is 2.